The number of halogens is 6. The number of furan rings is 1. The van der Waals surface area contributed by atoms with Crippen LogP contribution in [0.25, 0.3) is 0 Å². The first-order valence-corrected chi connectivity index (χ1v) is 9.41. The second kappa shape index (κ2) is 8.71. The van der Waals surface area contributed by atoms with Crippen molar-refractivity contribution in [3.05, 3.63) is 59.0 Å². The zero-order chi connectivity index (χ0) is 21.9. The number of piperidine rings is 1. The van der Waals surface area contributed by atoms with Gasteiger partial charge in [0, 0.05) is 12.1 Å². The van der Waals surface area contributed by atoms with Gasteiger partial charge in [-0.05, 0) is 56.3 Å². The Hall–Kier alpha value is -2.49. The number of benzene rings is 1. The Morgan fingerprint density at radius 1 is 1.00 bits per heavy atom. The summed E-state index contributed by atoms with van der Waals surface area (Å²) in [4.78, 5) is 14.5. The lowest BCUT2D eigenvalue weighted by atomic mass is 10.0. The van der Waals surface area contributed by atoms with E-state index in [0.29, 0.717) is 17.9 Å². The number of amides is 1. The summed E-state index contributed by atoms with van der Waals surface area (Å²) in [6.07, 6.45) is -5.59. The van der Waals surface area contributed by atoms with Crippen molar-refractivity contribution < 1.29 is 35.6 Å². The maximum absolute atomic E-state index is 13.0. The standard InChI is InChI=1S/C20H20F6N2O2/c21-19(22,23)14-9-13(10-15(11-14)20(24,25)26)18(29)27-12-16(17-5-4-8-30-17)28-6-2-1-3-7-28/h4-5,8-11,16H,1-3,6-7,12H2,(H,27,29)/t16-/m1/s1. The van der Waals surface area contributed by atoms with Gasteiger partial charge < -0.3 is 9.73 Å². The van der Waals surface area contributed by atoms with Crippen molar-refractivity contribution in [2.24, 2.45) is 0 Å². The zero-order valence-corrected chi connectivity index (χ0v) is 15.8. The third kappa shape index (κ3) is 5.35. The number of nitrogens with one attached hydrogen (secondary N) is 1. The summed E-state index contributed by atoms with van der Waals surface area (Å²) in [5.74, 6) is -0.447. The van der Waals surface area contributed by atoms with Crippen LogP contribution in [0.15, 0.2) is 41.0 Å². The molecule has 1 aliphatic heterocycles. The summed E-state index contributed by atoms with van der Waals surface area (Å²) < 4.78 is 83.6. The van der Waals surface area contributed by atoms with E-state index in [1.807, 2.05) is 0 Å². The Morgan fingerprint density at radius 2 is 1.60 bits per heavy atom. The molecule has 0 unspecified atom stereocenters. The minimum absolute atomic E-state index is 0.00381. The average Bonchev–Trinajstić information content (AvgIpc) is 3.21. The maximum atomic E-state index is 13.0. The van der Waals surface area contributed by atoms with Gasteiger partial charge in [0.2, 0.25) is 0 Å². The van der Waals surface area contributed by atoms with Crippen molar-refractivity contribution in [1.82, 2.24) is 10.2 Å². The smallest absolute Gasteiger partial charge is 0.416 e. The molecule has 1 saturated heterocycles. The Kier molecular flexibility index (Phi) is 6.44. The molecule has 10 heteroatoms. The highest BCUT2D eigenvalue weighted by Crippen LogP contribution is 2.36. The van der Waals surface area contributed by atoms with Gasteiger partial charge in [-0.1, -0.05) is 6.42 Å². The number of nitrogens with zero attached hydrogens (tertiary/aromatic N) is 1. The summed E-state index contributed by atoms with van der Waals surface area (Å²) in [5, 5.41) is 2.47. The molecule has 0 spiro atoms. The Labute approximate surface area is 168 Å². The molecular weight excluding hydrogens is 414 g/mol. The molecule has 3 rings (SSSR count). The first-order chi connectivity index (χ1) is 14.1. The normalized spacial score (nSPS) is 17.0. The van der Waals surface area contributed by atoms with Gasteiger partial charge in [-0.25, -0.2) is 0 Å². The predicted molar refractivity (Wildman–Crippen MR) is 95.7 cm³/mol. The van der Waals surface area contributed by atoms with Gasteiger partial charge in [0.1, 0.15) is 5.76 Å². The molecule has 1 fully saturated rings. The van der Waals surface area contributed by atoms with Gasteiger partial charge in [-0.15, -0.1) is 0 Å². The maximum Gasteiger partial charge on any atom is 0.416 e. The number of hydrogen-bond donors (Lipinski definition) is 1. The monoisotopic (exact) mass is 434 g/mol. The fourth-order valence-corrected chi connectivity index (χ4v) is 3.50. The largest absolute Gasteiger partial charge is 0.468 e. The molecule has 1 aromatic carbocycles. The van der Waals surface area contributed by atoms with E-state index in [4.69, 9.17) is 4.42 Å². The lowest BCUT2D eigenvalue weighted by Crippen LogP contribution is -2.40. The Bertz CT molecular complexity index is 823. The van der Waals surface area contributed by atoms with Crippen molar-refractivity contribution in [3.8, 4) is 0 Å². The molecule has 2 aromatic rings. The van der Waals surface area contributed by atoms with Crippen LogP contribution in [0.2, 0.25) is 0 Å². The summed E-state index contributed by atoms with van der Waals surface area (Å²) in [7, 11) is 0. The number of carbonyl (C=O) groups excluding carboxylic acids is 1. The van der Waals surface area contributed by atoms with E-state index in [1.165, 1.54) is 6.26 Å². The van der Waals surface area contributed by atoms with Crippen LogP contribution in [-0.4, -0.2) is 30.4 Å². The van der Waals surface area contributed by atoms with Crippen LogP contribution < -0.4 is 5.32 Å². The highest BCUT2D eigenvalue weighted by Gasteiger charge is 2.37. The Balaban J connectivity index is 1.81. The molecule has 30 heavy (non-hydrogen) atoms. The Morgan fingerprint density at radius 3 is 2.10 bits per heavy atom. The predicted octanol–water partition coefficient (Wildman–Crippen LogP) is 5.27. The summed E-state index contributed by atoms with van der Waals surface area (Å²) in [5.41, 5.74) is -3.75. The van der Waals surface area contributed by atoms with Crippen molar-refractivity contribution in [1.29, 1.82) is 0 Å². The van der Waals surface area contributed by atoms with Crippen LogP contribution in [0.5, 0.6) is 0 Å². The van der Waals surface area contributed by atoms with E-state index in [-0.39, 0.29) is 18.7 Å². The minimum atomic E-state index is -5.01. The van der Waals surface area contributed by atoms with Crippen LogP contribution in [0.4, 0.5) is 26.3 Å². The molecular formula is C20H20F6N2O2. The molecule has 0 saturated carbocycles. The lowest BCUT2D eigenvalue weighted by molar-refractivity contribution is -0.143. The second-order valence-corrected chi connectivity index (χ2v) is 7.13. The van der Waals surface area contributed by atoms with Gasteiger partial charge in [0.15, 0.2) is 0 Å². The minimum Gasteiger partial charge on any atom is -0.468 e. The molecule has 4 nitrogen and oxygen atoms in total. The van der Waals surface area contributed by atoms with E-state index in [9.17, 15) is 31.1 Å². The molecule has 1 aromatic heterocycles. The van der Waals surface area contributed by atoms with E-state index < -0.39 is 35.0 Å². The SMILES string of the molecule is O=C(NC[C@H](c1ccco1)N1CCCCC1)c1cc(C(F)(F)F)cc(C(F)(F)F)c1. The van der Waals surface area contributed by atoms with Gasteiger partial charge in [-0.2, -0.15) is 26.3 Å². The number of carbonyl (C=O) groups is 1. The lowest BCUT2D eigenvalue weighted by Gasteiger charge is -2.33. The van der Waals surface area contributed by atoms with Crippen LogP contribution in [0.3, 0.4) is 0 Å². The van der Waals surface area contributed by atoms with E-state index >= 15 is 0 Å². The summed E-state index contributed by atoms with van der Waals surface area (Å²) >= 11 is 0. The summed E-state index contributed by atoms with van der Waals surface area (Å²) in [6, 6.07) is 3.88. The number of alkyl halides is 6. The molecule has 0 aliphatic carbocycles. The topological polar surface area (TPSA) is 45.5 Å². The van der Waals surface area contributed by atoms with Crippen LogP contribution in [0, 0.1) is 0 Å². The van der Waals surface area contributed by atoms with Gasteiger partial charge in [0.05, 0.1) is 23.4 Å². The molecule has 1 amide bonds. The average molecular weight is 434 g/mol. The van der Waals surface area contributed by atoms with Crippen LogP contribution in [-0.2, 0) is 12.4 Å². The van der Waals surface area contributed by atoms with E-state index in [0.717, 1.165) is 32.4 Å². The van der Waals surface area contributed by atoms with E-state index in [1.54, 1.807) is 12.1 Å². The van der Waals surface area contributed by atoms with Gasteiger partial charge in [0.25, 0.3) is 5.91 Å². The van der Waals surface area contributed by atoms with Crippen molar-refractivity contribution in [2.75, 3.05) is 19.6 Å². The fourth-order valence-electron chi connectivity index (χ4n) is 3.50. The van der Waals surface area contributed by atoms with Crippen molar-refractivity contribution in [2.45, 2.75) is 37.7 Å². The van der Waals surface area contributed by atoms with Crippen LogP contribution >= 0.6 is 0 Å². The first-order valence-electron chi connectivity index (χ1n) is 9.41. The highest BCUT2D eigenvalue weighted by atomic mass is 19.4. The van der Waals surface area contributed by atoms with Crippen molar-refractivity contribution >= 4 is 5.91 Å². The zero-order valence-electron chi connectivity index (χ0n) is 15.8. The van der Waals surface area contributed by atoms with E-state index in [2.05, 4.69) is 10.2 Å². The second-order valence-electron chi connectivity index (χ2n) is 7.13. The number of hydrogen-bond acceptors (Lipinski definition) is 3. The molecule has 1 N–H and O–H groups in total. The first kappa shape index (κ1) is 22.2. The third-order valence-corrected chi connectivity index (χ3v) is 5.01. The third-order valence-electron chi connectivity index (χ3n) is 5.01. The molecule has 2 heterocycles. The van der Waals surface area contributed by atoms with Crippen LogP contribution in [0.1, 0.15) is 52.5 Å². The van der Waals surface area contributed by atoms with Crippen molar-refractivity contribution in [3.63, 3.8) is 0 Å². The molecule has 1 atom stereocenters. The summed E-state index contributed by atoms with van der Waals surface area (Å²) in [6.45, 7) is 1.50. The molecule has 164 valence electrons. The van der Waals surface area contributed by atoms with Gasteiger partial charge in [-0.3, -0.25) is 9.69 Å². The molecule has 0 radical (unpaired) electrons. The molecule has 0 bridgehead atoms. The fraction of sp³-hybridized carbons (Fsp3) is 0.450. The molecule has 1 aliphatic rings. The highest BCUT2D eigenvalue weighted by molar-refractivity contribution is 5.94. The quantitative estimate of drug-likeness (QED) is 0.652. The number of likely N-dealkylation sites (tertiary alicyclic amines) is 1. The van der Waals surface area contributed by atoms with Gasteiger partial charge >= 0.3 is 12.4 Å². The number of rotatable bonds is 5.